The minimum atomic E-state index is -0.268. The molecular weight excluding hydrogens is 442 g/mol. The van der Waals surface area contributed by atoms with Gasteiger partial charge in [-0.2, -0.15) is 0 Å². The minimum Gasteiger partial charge on any atom is -0.489 e. The molecule has 0 spiro atoms. The Morgan fingerprint density at radius 2 is 1.57 bits per heavy atom. The Kier molecular flexibility index (Phi) is 7.63. The molecule has 4 rings (SSSR count). The van der Waals surface area contributed by atoms with E-state index in [1.54, 1.807) is 18.2 Å². The van der Waals surface area contributed by atoms with Crippen molar-refractivity contribution in [3.05, 3.63) is 113 Å². The van der Waals surface area contributed by atoms with Crippen molar-refractivity contribution in [1.29, 1.82) is 0 Å². The van der Waals surface area contributed by atoms with E-state index in [0.29, 0.717) is 18.7 Å². The fourth-order valence-electron chi connectivity index (χ4n) is 3.70. The Morgan fingerprint density at radius 3 is 2.26 bits per heavy atom. The summed E-state index contributed by atoms with van der Waals surface area (Å²) in [6.45, 7) is 0.786. The molecule has 0 N–H and O–H groups in total. The number of para-hydroxylation sites is 1. The third kappa shape index (κ3) is 6.18. The molecule has 6 nitrogen and oxygen atoms in total. The first kappa shape index (κ1) is 23.8. The van der Waals surface area contributed by atoms with Crippen LogP contribution in [0.5, 0.6) is 5.75 Å². The monoisotopic (exact) mass is 469 g/mol. The predicted octanol–water partition coefficient (Wildman–Crippen LogP) is 5.51. The Morgan fingerprint density at radius 1 is 0.857 bits per heavy atom. The van der Waals surface area contributed by atoms with E-state index in [4.69, 9.17) is 13.9 Å². The fourth-order valence-corrected chi connectivity index (χ4v) is 3.70. The number of ether oxygens (including phenoxy) is 2. The first-order valence-corrected chi connectivity index (χ1v) is 11.3. The van der Waals surface area contributed by atoms with E-state index in [0.717, 1.165) is 33.8 Å². The SMILES string of the molecule is COC(=O)Cc1ccc(COc2ccccc2CN(C)C(=O)c2ccc(-c3ccco3)cc2)cc1. The van der Waals surface area contributed by atoms with Gasteiger partial charge in [0.15, 0.2) is 0 Å². The number of hydrogen-bond donors (Lipinski definition) is 0. The Bertz CT molecular complexity index is 1260. The zero-order chi connectivity index (χ0) is 24.6. The van der Waals surface area contributed by atoms with Gasteiger partial charge in [0.2, 0.25) is 0 Å². The van der Waals surface area contributed by atoms with Crippen LogP contribution in [0.15, 0.2) is 95.6 Å². The summed E-state index contributed by atoms with van der Waals surface area (Å²) < 4.78 is 16.2. The molecule has 1 amide bonds. The average Bonchev–Trinajstić information content (AvgIpc) is 3.44. The zero-order valence-corrected chi connectivity index (χ0v) is 19.8. The Hall–Kier alpha value is -4.32. The van der Waals surface area contributed by atoms with Crippen molar-refractivity contribution in [1.82, 2.24) is 4.90 Å². The normalized spacial score (nSPS) is 10.6. The van der Waals surface area contributed by atoms with Crippen LogP contribution in [-0.4, -0.2) is 30.9 Å². The third-order valence-corrected chi connectivity index (χ3v) is 5.66. The summed E-state index contributed by atoms with van der Waals surface area (Å²) in [6, 6.07) is 26.5. The van der Waals surface area contributed by atoms with Gasteiger partial charge in [0.25, 0.3) is 5.91 Å². The molecule has 1 heterocycles. The number of amides is 1. The van der Waals surface area contributed by atoms with Crippen LogP contribution in [0.4, 0.5) is 0 Å². The smallest absolute Gasteiger partial charge is 0.309 e. The van der Waals surface area contributed by atoms with Crippen LogP contribution in [0, 0.1) is 0 Å². The van der Waals surface area contributed by atoms with Crippen LogP contribution >= 0.6 is 0 Å². The average molecular weight is 470 g/mol. The summed E-state index contributed by atoms with van der Waals surface area (Å²) >= 11 is 0. The van der Waals surface area contributed by atoms with E-state index in [1.165, 1.54) is 7.11 Å². The van der Waals surface area contributed by atoms with Crippen LogP contribution < -0.4 is 4.74 Å². The number of furan rings is 1. The summed E-state index contributed by atoms with van der Waals surface area (Å²) in [7, 11) is 3.16. The fraction of sp³-hybridized carbons (Fsp3) is 0.172. The molecular formula is C29H27NO5. The van der Waals surface area contributed by atoms with Gasteiger partial charge >= 0.3 is 5.97 Å². The van der Waals surface area contributed by atoms with E-state index in [-0.39, 0.29) is 18.3 Å². The summed E-state index contributed by atoms with van der Waals surface area (Å²) in [5, 5.41) is 0. The van der Waals surface area contributed by atoms with Crippen LogP contribution in [0.1, 0.15) is 27.0 Å². The van der Waals surface area contributed by atoms with Gasteiger partial charge in [0, 0.05) is 30.3 Å². The molecule has 0 saturated carbocycles. The van der Waals surface area contributed by atoms with Crippen molar-refractivity contribution in [3.8, 4) is 17.1 Å². The number of carbonyl (C=O) groups is 2. The van der Waals surface area contributed by atoms with Crippen molar-refractivity contribution >= 4 is 11.9 Å². The second-order valence-electron chi connectivity index (χ2n) is 8.18. The molecule has 0 saturated heterocycles. The Labute approximate surface area is 204 Å². The van der Waals surface area contributed by atoms with Gasteiger partial charge < -0.3 is 18.8 Å². The summed E-state index contributed by atoms with van der Waals surface area (Å²) in [4.78, 5) is 26.1. The molecule has 0 aliphatic rings. The van der Waals surface area contributed by atoms with Gasteiger partial charge in [-0.3, -0.25) is 9.59 Å². The number of hydrogen-bond acceptors (Lipinski definition) is 5. The van der Waals surface area contributed by atoms with Crippen LogP contribution in [0.25, 0.3) is 11.3 Å². The number of methoxy groups -OCH3 is 1. The number of carbonyl (C=O) groups excluding carboxylic acids is 2. The molecule has 1 aromatic heterocycles. The molecule has 35 heavy (non-hydrogen) atoms. The molecule has 0 radical (unpaired) electrons. The van der Waals surface area contributed by atoms with E-state index < -0.39 is 0 Å². The zero-order valence-electron chi connectivity index (χ0n) is 19.8. The highest BCUT2D eigenvalue weighted by Gasteiger charge is 2.15. The van der Waals surface area contributed by atoms with E-state index in [9.17, 15) is 9.59 Å². The molecule has 0 fully saturated rings. The molecule has 0 bridgehead atoms. The second kappa shape index (κ2) is 11.2. The van der Waals surface area contributed by atoms with Gasteiger partial charge in [-0.1, -0.05) is 54.6 Å². The highest BCUT2D eigenvalue weighted by molar-refractivity contribution is 5.94. The van der Waals surface area contributed by atoms with Crippen molar-refractivity contribution in [3.63, 3.8) is 0 Å². The van der Waals surface area contributed by atoms with E-state index in [2.05, 4.69) is 0 Å². The first-order chi connectivity index (χ1) is 17.0. The maximum atomic E-state index is 13.0. The molecule has 0 atom stereocenters. The van der Waals surface area contributed by atoms with Crippen LogP contribution in [0.3, 0.4) is 0 Å². The molecule has 3 aromatic carbocycles. The minimum absolute atomic E-state index is 0.0769. The largest absolute Gasteiger partial charge is 0.489 e. The highest BCUT2D eigenvalue weighted by Crippen LogP contribution is 2.23. The summed E-state index contributed by atoms with van der Waals surface area (Å²) in [6.07, 6.45) is 1.87. The lowest BCUT2D eigenvalue weighted by molar-refractivity contribution is -0.139. The summed E-state index contributed by atoms with van der Waals surface area (Å²) in [5.74, 6) is 1.14. The van der Waals surface area contributed by atoms with Crippen LogP contribution in [-0.2, 0) is 29.1 Å². The van der Waals surface area contributed by atoms with Crippen molar-refractivity contribution in [2.75, 3.05) is 14.2 Å². The lowest BCUT2D eigenvalue weighted by Gasteiger charge is -2.20. The van der Waals surface area contributed by atoms with Gasteiger partial charge in [-0.15, -0.1) is 0 Å². The number of benzene rings is 3. The highest BCUT2D eigenvalue weighted by atomic mass is 16.5. The molecule has 4 aromatic rings. The molecule has 178 valence electrons. The molecule has 0 unspecified atom stereocenters. The van der Waals surface area contributed by atoms with Gasteiger partial charge in [0.05, 0.1) is 19.8 Å². The molecule has 6 heteroatoms. The first-order valence-electron chi connectivity index (χ1n) is 11.3. The van der Waals surface area contributed by atoms with Crippen molar-refractivity contribution in [2.24, 2.45) is 0 Å². The maximum Gasteiger partial charge on any atom is 0.309 e. The number of rotatable bonds is 9. The summed E-state index contributed by atoms with van der Waals surface area (Å²) in [5.41, 5.74) is 4.31. The van der Waals surface area contributed by atoms with E-state index >= 15 is 0 Å². The maximum absolute atomic E-state index is 13.0. The van der Waals surface area contributed by atoms with Gasteiger partial charge in [-0.05, 0) is 41.5 Å². The predicted molar refractivity (Wildman–Crippen MR) is 133 cm³/mol. The van der Waals surface area contributed by atoms with Gasteiger partial charge in [0.1, 0.15) is 18.1 Å². The third-order valence-electron chi connectivity index (χ3n) is 5.66. The van der Waals surface area contributed by atoms with Crippen molar-refractivity contribution < 1.29 is 23.5 Å². The second-order valence-corrected chi connectivity index (χ2v) is 8.18. The molecule has 0 aliphatic carbocycles. The standard InChI is InChI=1S/C29H27NO5/c1-30(29(32)24-15-13-23(14-16-24)26-8-5-17-34-26)19-25-6-3-4-7-27(25)35-20-22-11-9-21(10-12-22)18-28(31)33-2/h3-17H,18-20H2,1-2H3. The lowest BCUT2D eigenvalue weighted by atomic mass is 10.1. The molecule has 0 aliphatic heterocycles. The van der Waals surface area contributed by atoms with Crippen LogP contribution in [0.2, 0.25) is 0 Å². The van der Waals surface area contributed by atoms with Crippen molar-refractivity contribution in [2.45, 2.75) is 19.6 Å². The number of nitrogens with zero attached hydrogens (tertiary/aromatic N) is 1. The quantitative estimate of drug-likeness (QED) is 0.302. The van der Waals surface area contributed by atoms with Gasteiger partial charge in [-0.25, -0.2) is 0 Å². The Balaban J connectivity index is 1.37. The topological polar surface area (TPSA) is 69.0 Å². The van der Waals surface area contributed by atoms with E-state index in [1.807, 2.05) is 84.9 Å². The number of esters is 1. The lowest BCUT2D eigenvalue weighted by Crippen LogP contribution is -2.26.